The molecular formula is C12H19N3O. The van der Waals surface area contributed by atoms with Crippen LogP contribution in [0.25, 0.3) is 0 Å². The summed E-state index contributed by atoms with van der Waals surface area (Å²) >= 11 is 0. The molecule has 3 rings (SSSR count). The van der Waals surface area contributed by atoms with E-state index in [1.165, 1.54) is 31.4 Å². The molecule has 1 aromatic heterocycles. The highest BCUT2D eigenvalue weighted by molar-refractivity contribution is 5.04. The van der Waals surface area contributed by atoms with Gasteiger partial charge in [0.1, 0.15) is 0 Å². The van der Waals surface area contributed by atoms with Crippen molar-refractivity contribution in [3.8, 4) is 0 Å². The number of aliphatic hydroxyl groups excluding tert-OH is 1. The second-order valence-corrected chi connectivity index (χ2v) is 5.29. The molecule has 4 heteroatoms. The maximum absolute atomic E-state index is 9.21. The Labute approximate surface area is 95.7 Å². The highest BCUT2D eigenvalue weighted by atomic mass is 16.3. The van der Waals surface area contributed by atoms with Crippen LogP contribution < -0.4 is 5.32 Å². The smallest absolute Gasteiger partial charge is 0.0951 e. The first-order chi connectivity index (χ1) is 7.83. The third-order valence-electron chi connectivity index (χ3n) is 3.79. The second-order valence-electron chi connectivity index (χ2n) is 5.29. The summed E-state index contributed by atoms with van der Waals surface area (Å²) in [7, 11) is 0. The van der Waals surface area contributed by atoms with E-state index < -0.39 is 0 Å². The number of hydrogen-bond acceptors (Lipinski definition) is 3. The van der Waals surface area contributed by atoms with E-state index in [0.717, 1.165) is 13.1 Å². The molecule has 2 saturated carbocycles. The molecule has 16 heavy (non-hydrogen) atoms. The lowest BCUT2D eigenvalue weighted by Crippen LogP contribution is -2.26. The lowest BCUT2D eigenvalue weighted by atomic mass is 10.1. The van der Waals surface area contributed by atoms with E-state index in [2.05, 4.69) is 14.9 Å². The SMILES string of the molecule is OCC1(CNCc2cncn2C2CC2)CC1. The van der Waals surface area contributed by atoms with Gasteiger partial charge in [-0.15, -0.1) is 0 Å². The van der Waals surface area contributed by atoms with Crippen molar-refractivity contribution in [1.29, 1.82) is 0 Å². The first kappa shape index (κ1) is 10.3. The quantitative estimate of drug-likeness (QED) is 0.755. The second kappa shape index (κ2) is 3.86. The highest BCUT2D eigenvalue weighted by Gasteiger charge is 2.41. The summed E-state index contributed by atoms with van der Waals surface area (Å²) < 4.78 is 2.28. The van der Waals surface area contributed by atoms with E-state index in [9.17, 15) is 5.11 Å². The fourth-order valence-electron chi connectivity index (χ4n) is 2.17. The van der Waals surface area contributed by atoms with E-state index in [0.29, 0.717) is 12.6 Å². The Bertz CT molecular complexity index is 366. The van der Waals surface area contributed by atoms with Gasteiger partial charge in [-0.25, -0.2) is 4.98 Å². The average Bonchev–Trinajstić information content (AvgIpc) is 3.21. The van der Waals surface area contributed by atoms with Crippen LogP contribution in [0, 0.1) is 5.41 Å². The van der Waals surface area contributed by atoms with Crippen molar-refractivity contribution in [2.75, 3.05) is 13.2 Å². The first-order valence-electron chi connectivity index (χ1n) is 6.15. The predicted octanol–water partition coefficient (Wildman–Crippen LogP) is 1.08. The monoisotopic (exact) mass is 221 g/mol. The van der Waals surface area contributed by atoms with E-state index >= 15 is 0 Å². The van der Waals surface area contributed by atoms with Crippen LogP contribution >= 0.6 is 0 Å². The molecule has 1 aromatic rings. The molecule has 88 valence electrons. The molecule has 2 fully saturated rings. The third kappa shape index (κ3) is 1.99. The Morgan fingerprint density at radius 3 is 2.94 bits per heavy atom. The number of aromatic nitrogens is 2. The van der Waals surface area contributed by atoms with Crippen LogP contribution in [0.5, 0.6) is 0 Å². The van der Waals surface area contributed by atoms with Gasteiger partial charge in [0.25, 0.3) is 0 Å². The first-order valence-corrected chi connectivity index (χ1v) is 6.15. The van der Waals surface area contributed by atoms with Crippen molar-refractivity contribution in [2.45, 2.75) is 38.3 Å². The molecule has 0 atom stereocenters. The van der Waals surface area contributed by atoms with Crippen LogP contribution in [-0.4, -0.2) is 27.8 Å². The number of hydrogen-bond donors (Lipinski definition) is 2. The predicted molar refractivity (Wildman–Crippen MR) is 61.0 cm³/mol. The maximum atomic E-state index is 9.21. The zero-order chi connectivity index (χ0) is 11.0. The van der Waals surface area contributed by atoms with E-state index in [-0.39, 0.29) is 5.41 Å². The van der Waals surface area contributed by atoms with Gasteiger partial charge in [-0.1, -0.05) is 0 Å². The number of nitrogens with zero attached hydrogens (tertiary/aromatic N) is 2. The summed E-state index contributed by atoms with van der Waals surface area (Å²) in [5.41, 5.74) is 1.47. The number of rotatable bonds is 6. The molecule has 2 aliphatic rings. The van der Waals surface area contributed by atoms with Gasteiger partial charge in [-0.2, -0.15) is 0 Å². The molecule has 0 amide bonds. The summed E-state index contributed by atoms with van der Waals surface area (Å²) in [6.45, 7) is 2.12. The van der Waals surface area contributed by atoms with E-state index in [1.54, 1.807) is 0 Å². The van der Waals surface area contributed by atoms with Gasteiger partial charge >= 0.3 is 0 Å². The largest absolute Gasteiger partial charge is 0.396 e. The van der Waals surface area contributed by atoms with Crippen LogP contribution in [0.1, 0.15) is 37.4 Å². The molecule has 2 aliphatic carbocycles. The van der Waals surface area contributed by atoms with Crippen LogP contribution in [0.3, 0.4) is 0 Å². The molecule has 0 aliphatic heterocycles. The van der Waals surface area contributed by atoms with Gasteiger partial charge in [0.2, 0.25) is 0 Å². The van der Waals surface area contributed by atoms with Gasteiger partial charge in [-0.05, 0) is 25.7 Å². The van der Waals surface area contributed by atoms with Crippen molar-refractivity contribution in [3.63, 3.8) is 0 Å². The van der Waals surface area contributed by atoms with Crippen LogP contribution in [0.15, 0.2) is 12.5 Å². The molecule has 0 aromatic carbocycles. The Kier molecular flexibility index (Phi) is 2.48. The Balaban J connectivity index is 1.52. The minimum atomic E-state index is 0.199. The van der Waals surface area contributed by atoms with Gasteiger partial charge in [0.15, 0.2) is 0 Å². The number of aliphatic hydroxyl groups is 1. The van der Waals surface area contributed by atoms with Crippen molar-refractivity contribution >= 4 is 0 Å². The van der Waals surface area contributed by atoms with Crippen molar-refractivity contribution < 1.29 is 5.11 Å². The molecule has 2 N–H and O–H groups in total. The highest BCUT2D eigenvalue weighted by Crippen LogP contribution is 2.44. The molecule has 0 radical (unpaired) electrons. The minimum absolute atomic E-state index is 0.199. The van der Waals surface area contributed by atoms with Gasteiger partial charge in [0.05, 0.1) is 12.0 Å². The fraction of sp³-hybridized carbons (Fsp3) is 0.750. The standard InChI is InChI=1S/C12H19N3O/c16-8-12(3-4-12)7-13-5-11-6-14-9-15(11)10-1-2-10/h6,9-10,13,16H,1-5,7-8H2. The summed E-state index contributed by atoms with van der Waals surface area (Å²) in [5, 5.41) is 12.7. The van der Waals surface area contributed by atoms with Crippen LogP contribution in [0.2, 0.25) is 0 Å². The van der Waals surface area contributed by atoms with Crippen LogP contribution in [0.4, 0.5) is 0 Å². The lowest BCUT2D eigenvalue weighted by molar-refractivity contribution is 0.207. The summed E-state index contributed by atoms with van der Waals surface area (Å²) in [5.74, 6) is 0. The van der Waals surface area contributed by atoms with Crippen molar-refractivity contribution in [3.05, 3.63) is 18.2 Å². The normalized spacial score (nSPS) is 22.3. The molecule has 1 heterocycles. The molecule has 0 spiro atoms. The third-order valence-corrected chi connectivity index (χ3v) is 3.79. The molecule has 4 nitrogen and oxygen atoms in total. The topological polar surface area (TPSA) is 50.1 Å². The summed E-state index contributed by atoms with van der Waals surface area (Å²) in [6.07, 6.45) is 8.81. The average molecular weight is 221 g/mol. The Morgan fingerprint density at radius 1 is 1.50 bits per heavy atom. The molecule has 0 saturated heterocycles. The summed E-state index contributed by atoms with van der Waals surface area (Å²) in [6, 6.07) is 0.701. The van der Waals surface area contributed by atoms with Gasteiger partial charge in [-0.3, -0.25) is 0 Å². The molecule has 0 bridgehead atoms. The van der Waals surface area contributed by atoms with Crippen molar-refractivity contribution in [2.24, 2.45) is 5.41 Å². The zero-order valence-electron chi connectivity index (χ0n) is 9.52. The van der Waals surface area contributed by atoms with Crippen LogP contribution in [-0.2, 0) is 6.54 Å². The lowest BCUT2D eigenvalue weighted by Gasteiger charge is -2.13. The van der Waals surface area contributed by atoms with E-state index in [1.807, 2.05) is 12.5 Å². The van der Waals surface area contributed by atoms with Gasteiger partial charge in [0, 0.05) is 37.4 Å². The Hall–Kier alpha value is -0.870. The zero-order valence-corrected chi connectivity index (χ0v) is 9.52. The number of nitrogens with one attached hydrogen (secondary N) is 1. The Morgan fingerprint density at radius 2 is 2.31 bits per heavy atom. The maximum Gasteiger partial charge on any atom is 0.0951 e. The van der Waals surface area contributed by atoms with Crippen molar-refractivity contribution in [1.82, 2.24) is 14.9 Å². The van der Waals surface area contributed by atoms with Gasteiger partial charge < -0.3 is 15.0 Å². The molecular weight excluding hydrogens is 202 g/mol. The minimum Gasteiger partial charge on any atom is -0.396 e. The fourth-order valence-corrected chi connectivity index (χ4v) is 2.17. The van der Waals surface area contributed by atoms with E-state index in [4.69, 9.17) is 0 Å². The summed E-state index contributed by atoms with van der Waals surface area (Å²) in [4.78, 5) is 4.21. The molecule has 0 unspecified atom stereocenters. The number of imidazole rings is 1.